The zero-order chi connectivity index (χ0) is 6.41. The van der Waals surface area contributed by atoms with Crippen molar-refractivity contribution in [3.8, 4) is 0 Å². The third kappa shape index (κ3) is 3.45. The molecule has 0 aromatic rings. The van der Waals surface area contributed by atoms with Gasteiger partial charge < -0.3 is 0 Å². The third-order valence-corrected chi connectivity index (χ3v) is 1.04. The molecule has 0 fully saturated rings. The van der Waals surface area contributed by atoms with Crippen LogP contribution >= 0.6 is 0 Å². The maximum atomic E-state index is 3.44. The zero-order valence-corrected chi connectivity index (χ0v) is 5.57. The van der Waals surface area contributed by atoms with Crippen LogP contribution in [-0.4, -0.2) is 0 Å². The molecule has 0 saturated heterocycles. The minimum Gasteiger partial charge on any atom is -0.129 e. The Balaban J connectivity index is 3.74. The molecule has 44 valence electrons. The van der Waals surface area contributed by atoms with Crippen LogP contribution in [0.1, 0.15) is 20.3 Å². The van der Waals surface area contributed by atoms with Crippen molar-refractivity contribution in [1.82, 2.24) is 0 Å². The van der Waals surface area contributed by atoms with E-state index in [1.807, 2.05) is 12.2 Å². The highest BCUT2D eigenvalue weighted by atomic mass is 13.8. The van der Waals surface area contributed by atoms with E-state index in [0.29, 0.717) is 0 Å². The first-order valence-electron chi connectivity index (χ1n) is 2.82. The summed E-state index contributed by atoms with van der Waals surface area (Å²) in [5, 5.41) is 0. The van der Waals surface area contributed by atoms with Crippen LogP contribution in [0.4, 0.5) is 0 Å². The van der Waals surface area contributed by atoms with E-state index < -0.39 is 0 Å². The standard InChI is InChI=1S/C8H12/c1-4-6-7-8(3)5-2/h6-7H,1,5H2,2-3H3. The van der Waals surface area contributed by atoms with Crippen LogP contribution in [-0.2, 0) is 0 Å². The Bertz CT molecular complexity index is 123. The van der Waals surface area contributed by atoms with E-state index in [2.05, 4.69) is 26.2 Å². The Hall–Kier alpha value is -0.740. The van der Waals surface area contributed by atoms with Crippen molar-refractivity contribution >= 4 is 0 Å². The largest absolute Gasteiger partial charge is 0.129 e. The number of allylic oxidation sites excluding steroid dienone is 3. The molecule has 0 saturated carbocycles. The van der Waals surface area contributed by atoms with Gasteiger partial charge in [0.1, 0.15) is 0 Å². The molecule has 0 N–H and O–H groups in total. The topological polar surface area (TPSA) is 0 Å². The van der Waals surface area contributed by atoms with Crippen molar-refractivity contribution in [2.45, 2.75) is 20.3 Å². The summed E-state index contributed by atoms with van der Waals surface area (Å²) in [6, 6.07) is 0. The predicted molar refractivity (Wildman–Crippen MR) is 37.8 cm³/mol. The lowest BCUT2D eigenvalue weighted by molar-refractivity contribution is 1.10. The van der Waals surface area contributed by atoms with Crippen molar-refractivity contribution in [2.75, 3.05) is 0 Å². The summed E-state index contributed by atoms with van der Waals surface area (Å²) in [6.45, 7) is 7.66. The average Bonchev–Trinajstić information content (AvgIpc) is 1.83. The molecule has 0 unspecified atom stereocenters. The van der Waals surface area contributed by atoms with E-state index in [1.165, 1.54) is 5.57 Å². The molecule has 0 aromatic heterocycles. The van der Waals surface area contributed by atoms with Gasteiger partial charge in [-0.25, -0.2) is 0 Å². The normalized spacial score (nSPS) is 10.5. The van der Waals surface area contributed by atoms with Gasteiger partial charge in [-0.15, -0.1) is 5.73 Å². The van der Waals surface area contributed by atoms with Crippen LogP contribution in [0, 0.1) is 0 Å². The first kappa shape index (κ1) is 7.26. The quantitative estimate of drug-likeness (QED) is 0.377. The van der Waals surface area contributed by atoms with E-state index in [1.54, 1.807) is 0 Å². The lowest BCUT2D eigenvalue weighted by atomic mass is 10.2. The highest BCUT2D eigenvalue weighted by Crippen LogP contribution is 1.96. The lowest BCUT2D eigenvalue weighted by Gasteiger charge is -1.86. The molecule has 8 heavy (non-hydrogen) atoms. The second kappa shape index (κ2) is 4.42. The highest BCUT2D eigenvalue weighted by molar-refractivity contribution is 5.08. The molecule has 0 heteroatoms. The average molecular weight is 108 g/mol. The first-order chi connectivity index (χ1) is 3.81. The van der Waals surface area contributed by atoms with Crippen LogP contribution in [0.2, 0.25) is 0 Å². The van der Waals surface area contributed by atoms with Crippen molar-refractivity contribution in [2.24, 2.45) is 0 Å². The number of hydrogen-bond donors (Lipinski definition) is 0. The van der Waals surface area contributed by atoms with Gasteiger partial charge >= 0.3 is 0 Å². The molecule has 0 aliphatic rings. The van der Waals surface area contributed by atoms with Gasteiger partial charge in [0, 0.05) is 0 Å². The Morgan fingerprint density at radius 1 is 1.75 bits per heavy atom. The molecule has 0 atom stereocenters. The first-order valence-corrected chi connectivity index (χ1v) is 2.82. The van der Waals surface area contributed by atoms with Crippen LogP contribution < -0.4 is 0 Å². The Kier molecular flexibility index (Phi) is 4.01. The summed E-state index contributed by atoms with van der Waals surface area (Å²) in [6.07, 6.45) is 4.96. The minimum atomic E-state index is 1.11. The predicted octanol–water partition coefficient (Wildman–Crippen LogP) is 2.68. The van der Waals surface area contributed by atoms with Crippen LogP contribution in [0.3, 0.4) is 0 Å². The molecular formula is C8H12. The molecule has 0 spiro atoms. The summed E-state index contributed by atoms with van der Waals surface area (Å²) in [5.74, 6) is 0. The molecule has 0 heterocycles. The van der Waals surface area contributed by atoms with E-state index in [-0.39, 0.29) is 0 Å². The second-order valence-electron chi connectivity index (χ2n) is 1.74. The molecule has 0 aromatic carbocycles. The number of hydrogen-bond acceptors (Lipinski definition) is 0. The molecule has 0 aliphatic carbocycles. The molecule has 0 nitrogen and oxygen atoms in total. The van der Waals surface area contributed by atoms with Crippen molar-refractivity contribution < 1.29 is 0 Å². The van der Waals surface area contributed by atoms with E-state index in [4.69, 9.17) is 0 Å². The SMILES string of the molecule is C=C=CC=C(C)CC. The van der Waals surface area contributed by atoms with Crippen LogP contribution in [0.15, 0.2) is 30.0 Å². The van der Waals surface area contributed by atoms with Crippen molar-refractivity contribution in [3.05, 3.63) is 30.0 Å². The van der Waals surface area contributed by atoms with Crippen molar-refractivity contribution in [1.29, 1.82) is 0 Å². The Morgan fingerprint density at radius 2 is 2.38 bits per heavy atom. The maximum absolute atomic E-state index is 3.44. The summed E-state index contributed by atoms with van der Waals surface area (Å²) in [7, 11) is 0. The van der Waals surface area contributed by atoms with Gasteiger partial charge in [0.15, 0.2) is 0 Å². The van der Waals surface area contributed by atoms with Crippen molar-refractivity contribution in [3.63, 3.8) is 0 Å². The van der Waals surface area contributed by atoms with E-state index in [0.717, 1.165) is 6.42 Å². The lowest BCUT2D eigenvalue weighted by Crippen LogP contribution is -1.65. The highest BCUT2D eigenvalue weighted by Gasteiger charge is 1.75. The fraction of sp³-hybridized carbons (Fsp3) is 0.375. The van der Waals surface area contributed by atoms with Gasteiger partial charge in [-0.3, -0.25) is 0 Å². The van der Waals surface area contributed by atoms with E-state index >= 15 is 0 Å². The molecular weight excluding hydrogens is 96.1 g/mol. The Morgan fingerprint density at radius 3 is 2.75 bits per heavy atom. The maximum Gasteiger partial charge on any atom is -0.0207 e. The summed E-state index contributed by atoms with van der Waals surface area (Å²) in [4.78, 5) is 0. The molecule has 0 rings (SSSR count). The van der Waals surface area contributed by atoms with Crippen LogP contribution in [0.5, 0.6) is 0 Å². The molecule has 0 bridgehead atoms. The summed E-state index contributed by atoms with van der Waals surface area (Å²) >= 11 is 0. The van der Waals surface area contributed by atoms with Crippen LogP contribution in [0.25, 0.3) is 0 Å². The van der Waals surface area contributed by atoms with Gasteiger partial charge in [-0.1, -0.05) is 25.2 Å². The van der Waals surface area contributed by atoms with E-state index in [9.17, 15) is 0 Å². The monoisotopic (exact) mass is 108 g/mol. The second-order valence-corrected chi connectivity index (χ2v) is 1.74. The number of rotatable bonds is 2. The molecule has 0 aliphatic heterocycles. The minimum absolute atomic E-state index is 1.11. The van der Waals surface area contributed by atoms with Gasteiger partial charge in [0.2, 0.25) is 0 Å². The van der Waals surface area contributed by atoms with Gasteiger partial charge in [-0.2, -0.15) is 0 Å². The van der Waals surface area contributed by atoms with Gasteiger partial charge in [-0.05, 0) is 19.4 Å². The molecule has 0 radical (unpaired) electrons. The smallest absolute Gasteiger partial charge is 0.0207 e. The summed E-state index contributed by atoms with van der Waals surface area (Å²) in [5.41, 5.74) is 4.04. The zero-order valence-electron chi connectivity index (χ0n) is 5.57. The molecule has 0 amide bonds. The van der Waals surface area contributed by atoms with Gasteiger partial charge in [0.25, 0.3) is 0 Å². The summed E-state index contributed by atoms with van der Waals surface area (Å²) < 4.78 is 0. The Labute approximate surface area is 51.2 Å². The fourth-order valence-electron chi connectivity index (χ4n) is 0.319. The fourth-order valence-corrected chi connectivity index (χ4v) is 0.319. The van der Waals surface area contributed by atoms with Gasteiger partial charge in [0.05, 0.1) is 0 Å². The third-order valence-electron chi connectivity index (χ3n) is 1.04.